The zero-order chi connectivity index (χ0) is 22.1. The highest BCUT2D eigenvalue weighted by atomic mass is 32.1. The number of fused-ring (bicyclic) bond motifs is 3. The van der Waals surface area contributed by atoms with Crippen molar-refractivity contribution in [3.05, 3.63) is 54.2 Å². The molecule has 1 aliphatic rings. The molecule has 0 N–H and O–H groups in total. The fraction of sp³-hybridized carbons (Fsp3) is 0.333. The molecule has 0 aliphatic carbocycles. The molecule has 4 aromatic rings. The summed E-state index contributed by atoms with van der Waals surface area (Å²) in [5, 5.41) is 0. The van der Waals surface area contributed by atoms with Crippen LogP contribution in [0.3, 0.4) is 0 Å². The summed E-state index contributed by atoms with van der Waals surface area (Å²) >= 11 is 1.68. The van der Waals surface area contributed by atoms with Gasteiger partial charge in [0.1, 0.15) is 12.4 Å². The third kappa shape index (κ3) is 3.85. The SMILES string of the molecule is COCC(=O)N1CCN(Cc2c(-c3ccccc3)nc3sc4cc(OC)ccc4n23)CC1. The summed E-state index contributed by atoms with van der Waals surface area (Å²) in [4.78, 5) is 22.5. The molecule has 0 atom stereocenters. The van der Waals surface area contributed by atoms with Crippen LogP contribution < -0.4 is 4.74 Å². The Hall–Kier alpha value is -2.94. The summed E-state index contributed by atoms with van der Waals surface area (Å²) in [6, 6.07) is 16.5. The molecule has 1 aliphatic heterocycles. The number of carbonyl (C=O) groups is 1. The number of imidazole rings is 1. The highest BCUT2D eigenvalue weighted by molar-refractivity contribution is 7.23. The summed E-state index contributed by atoms with van der Waals surface area (Å²) in [5.74, 6) is 0.908. The number of piperazine rings is 1. The molecule has 166 valence electrons. The number of thiazole rings is 1. The average molecular weight is 451 g/mol. The summed E-state index contributed by atoms with van der Waals surface area (Å²) in [6.45, 7) is 4.00. The van der Waals surface area contributed by atoms with Gasteiger partial charge in [-0.25, -0.2) is 4.98 Å². The van der Waals surface area contributed by atoms with E-state index >= 15 is 0 Å². The van der Waals surface area contributed by atoms with Crippen LogP contribution in [0.5, 0.6) is 5.75 Å². The topological polar surface area (TPSA) is 59.3 Å². The van der Waals surface area contributed by atoms with E-state index in [-0.39, 0.29) is 12.5 Å². The van der Waals surface area contributed by atoms with E-state index in [2.05, 4.69) is 45.7 Å². The van der Waals surface area contributed by atoms with E-state index in [0.29, 0.717) is 13.1 Å². The Morgan fingerprint density at radius 3 is 2.56 bits per heavy atom. The molecule has 1 saturated heterocycles. The standard InChI is InChI=1S/C24H26N4O3S/c1-30-16-22(29)27-12-10-26(11-13-27)15-20-23(17-6-4-3-5-7-17)25-24-28(20)19-9-8-18(31-2)14-21(19)32-24/h3-9,14H,10-13,15-16H2,1-2H3. The van der Waals surface area contributed by atoms with E-state index in [1.165, 1.54) is 5.69 Å². The molecule has 8 heteroatoms. The van der Waals surface area contributed by atoms with Crippen LogP contribution in [-0.2, 0) is 16.1 Å². The summed E-state index contributed by atoms with van der Waals surface area (Å²) in [5.41, 5.74) is 4.46. The van der Waals surface area contributed by atoms with Crippen LogP contribution in [-0.4, -0.2) is 72.1 Å². The van der Waals surface area contributed by atoms with Gasteiger partial charge in [-0.2, -0.15) is 0 Å². The Labute approximate surface area is 190 Å². The number of benzene rings is 2. The number of carbonyl (C=O) groups excluding carboxylic acids is 1. The van der Waals surface area contributed by atoms with Gasteiger partial charge in [-0.3, -0.25) is 14.1 Å². The first-order valence-corrected chi connectivity index (χ1v) is 11.5. The number of methoxy groups -OCH3 is 2. The van der Waals surface area contributed by atoms with Gasteiger partial charge >= 0.3 is 0 Å². The molecule has 5 rings (SSSR count). The van der Waals surface area contributed by atoms with Crippen molar-refractivity contribution in [2.75, 3.05) is 47.0 Å². The number of rotatable bonds is 6. The zero-order valence-electron chi connectivity index (χ0n) is 18.3. The molecule has 0 spiro atoms. The lowest BCUT2D eigenvalue weighted by molar-refractivity contribution is -0.136. The van der Waals surface area contributed by atoms with Crippen LogP contribution in [0.1, 0.15) is 5.69 Å². The van der Waals surface area contributed by atoms with E-state index in [1.54, 1.807) is 25.6 Å². The lowest BCUT2D eigenvalue weighted by Gasteiger charge is -2.34. The summed E-state index contributed by atoms with van der Waals surface area (Å²) < 4.78 is 13.9. The number of hydrogen-bond donors (Lipinski definition) is 0. The van der Waals surface area contributed by atoms with Crippen LogP contribution in [0.25, 0.3) is 26.4 Å². The Balaban J connectivity index is 1.50. The smallest absolute Gasteiger partial charge is 0.248 e. The van der Waals surface area contributed by atoms with Crippen molar-refractivity contribution >= 4 is 32.4 Å². The molecular weight excluding hydrogens is 424 g/mol. The number of amides is 1. The Bertz CT molecular complexity index is 1240. The average Bonchev–Trinajstić information content (AvgIpc) is 3.36. The molecule has 1 amide bonds. The monoisotopic (exact) mass is 450 g/mol. The van der Waals surface area contributed by atoms with Crippen molar-refractivity contribution in [2.24, 2.45) is 0 Å². The minimum atomic E-state index is 0.0571. The number of hydrogen-bond acceptors (Lipinski definition) is 6. The minimum Gasteiger partial charge on any atom is -0.497 e. The van der Waals surface area contributed by atoms with Crippen LogP contribution in [0.2, 0.25) is 0 Å². The molecular formula is C24H26N4O3S. The van der Waals surface area contributed by atoms with Crippen LogP contribution in [0, 0.1) is 0 Å². The predicted octanol–water partition coefficient (Wildman–Crippen LogP) is 3.52. The molecule has 0 bridgehead atoms. The van der Waals surface area contributed by atoms with E-state index in [9.17, 15) is 4.79 Å². The van der Waals surface area contributed by atoms with Gasteiger partial charge in [0.25, 0.3) is 0 Å². The maximum atomic E-state index is 12.2. The summed E-state index contributed by atoms with van der Waals surface area (Å²) in [6.07, 6.45) is 0. The van der Waals surface area contributed by atoms with Gasteiger partial charge in [0.05, 0.1) is 28.7 Å². The van der Waals surface area contributed by atoms with E-state index in [4.69, 9.17) is 14.5 Å². The largest absolute Gasteiger partial charge is 0.497 e. The van der Waals surface area contributed by atoms with Crippen LogP contribution >= 0.6 is 11.3 Å². The van der Waals surface area contributed by atoms with Crippen molar-refractivity contribution in [2.45, 2.75) is 6.54 Å². The fourth-order valence-electron chi connectivity index (χ4n) is 4.29. The van der Waals surface area contributed by atoms with E-state index in [0.717, 1.165) is 51.8 Å². The number of nitrogens with zero attached hydrogens (tertiary/aromatic N) is 4. The predicted molar refractivity (Wildman–Crippen MR) is 126 cm³/mol. The molecule has 0 saturated carbocycles. The second kappa shape index (κ2) is 8.90. The minimum absolute atomic E-state index is 0.0571. The van der Waals surface area contributed by atoms with Gasteiger partial charge < -0.3 is 14.4 Å². The second-order valence-corrected chi connectivity index (χ2v) is 8.93. The van der Waals surface area contributed by atoms with Gasteiger partial charge in [0.15, 0.2) is 4.96 Å². The van der Waals surface area contributed by atoms with Crippen LogP contribution in [0.15, 0.2) is 48.5 Å². The Morgan fingerprint density at radius 2 is 1.84 bits per heavy atom. The van der Waals surface area contributed by atoms with E-state index < -0.39 is 0 Å². The third-order valence-electron chi connectivity index (χ3n) is 5.96. The molecule has 0 radical (unpaired) electrons. The van der Waals surface area contributed by atoms with Crippen molar-refractivity contribution in [3.8, 4) is 17.0 Å². The molecule has 1 fully saturated rings. The second-order valence-electron chi connectivity index (χ2n) is 7.92. The first kappa shape index (κ1) is 20.9. The van der Waals surface area contributed by atoms with E-state index in [1.807, 2.05) is 17.0 Å². The van der Waals surface area contributed by atoms with Crippen molar-refractivity contribution in [1.82, 2.24) is 19.2 Å². The first-order valence-electron chi connectivity index (χ1n) is 10.7. The van der Waals surface area contributed by atoms with Gasteiger partial charge in [-0.1, -0.05) is 41.7 Å². The lowest BCUT2D eigenvalue weighted by Crippen LogP contribution is -2.49. The van der Waals surface area contributed by atoms with Crippen molar-refractivity contribution in [3.63, 3.8) is 0 Å². The van der Waals surface area contributed by atoms with Gasteiger partial charge in [-0.05, 0) is 18.2 Å². The fourth-order valence-corrected chi connectivity index (χ4v) is 5.36. The number of ether oxygens (including phenoxy) is 2. The molecule has 3 heterocycles. The molecule has 7 nitrogen and oxygen atoms in total. The van der Waals surface area contributed by atoms with Gasteiger partial charge in [0.2, 0.25) is 5.91 Å². The molecule has 2 aromatic carbocycles. The maximum Gasteiger partial charge on any atom is 0.248 e. The molecule has 0 unspecified atom stereocenters. The van der Waals surface area contributed by atoms with Crippen molar-refractivity contribution < 1.29 is 14.3 Å². The highest BCUT2D eigenvalue weighted by Gasteiger charge is 2.25. The van der Waals surface area contributed by atoms with Gasteiger partial charge in [0, 0.05) is 45.4 Å². The third-order valence-corrected chi connectivity index (χ3v) is 6.97. The normalized spacial score (nSPS) is 15.0. The first-order chi connectivity index (χ1) is 15.7. The van der Waals surface area contributed by atoms with Gasteiger partial charge in [-0.15, -0.1) is 0 Å². The Kier molecular flexibility index (Phi) is 5.82. The Morgan fingerprint density at radius 1 is 1.06 bits per heavy atom. The summed E-state index contributed by atoms with van der Waals surface area (Å²) in [7, 11) is 3.25. The maximum absolute atomic E-state index is 12.2. The highest BCUT2D eigenvalue weighted by Crippen LogP contribution is 2.35. The molecule has 32 heavy (non-hydrogen) atoms. The van der Waals surface area contributed by atoms with Crippen molar-refractivity contribution in [1.29, 1.82) is 0 Å². The lowest BCUT2D eigenvalue weighted by atomic mass is 10.1. The number of aromatic nitrogens is 2. The molecule has 2 aromatic heterocycles. The quantitative estimate of drug-likeness (QED) is 0.450. The zero-order valence-corrected chi connectivity index (χ0v) is 19.1. The van der Waals surface area contributed by atoms with Crippen LogP contribution in [0.4, 0.5) is 0 Å².